The van der Waals surface area contributed by atoms with Crippen LogP contribution in [0.3, 0.4) is 0 Å². The Kier molecular flexibility index (Phi) is 2.48. The molecule has 0 aromatic heterocycles. The smallest absolute Gasteiger partial charge is 0.129 e. The molecule has 0 nitrogen and oxygen atoms in total. The fraction of sp³-hybridized carbons (Fsp3) is 0.857. The molecule has 15 heavy (non-hydrogen) atoms. The minimum atomic E-state index is -1.01. The summed E-state index contributed by atoms with van der Waals surface area (Å²) >= 11 is 0. The highest BCUT2D eigenvalue weighted by atomic mass is 19.1. The predicted molar refractivity (Wildman–Crippen MR) is 62.5 cm³/mol. The molecule has 1 fully saturated rings. The summed E-state index contributed by atoms with van der Waals surface area (Å²) in [6.07, 6.45) is 6.41. The maximum Gasteiger partial charge on any atom is 0.129 e. The van der Waals surface area contributed by atoms with Gasteiger partial charge in [0, 0.05) is 0 Å². The van der Waals surface area contributed by atoms with Crippen LogP contribution < -0.4 is 0 Å². The molecule has 1 heteroatoms. The molecule has 0 saturated heterocycles. The van der Waals surface area contributed by atoms with E-state index in [4.69, 9.17) is 0 Å². The van der Waals surface area contributed by atoms with Crippen LogP contribution in [-0.4, -0.2) is 5.67 Å². The van der Waals surface area contributed by atoms with Crippen LogP contribution in [0.15, 0.2) is 11.6 Å². The van der Waals surface area contributed by atoms with Gasteiger partial charge in [0.1, 0.15) is 5.67 Å². The lowest BCUT2D eigenvalue weighted by atomic mass is 9.70. The average molecular weight is 210 g/mol. The van der Waals surface area contributed by atoms with Gasteiger partial charge in [0.05, 0.1) is 0 Å². The van der Waals surface area contributed by atoms with E-state index >= 15 is 0 Å². The highest BCUT2D eigenvalue weighted by molar-refractivity contribution is 5.27. The van der Waals surface area contributed by atoms with Crippen LogP contribution in [0.4, 0.5) is 4.39 Å². The van der Waals surface area contributed by atoms with E-state index in [0.717, 1.165) is 18.4 Å². The second kappa shape index (κ2) is 3.33. The zero-order valence-corrected chi connectivity index (χ0v) is 10.4. The summed E-state index contributed by atoms with van der Waals surface area (Å²) in [5.74, 6) is 1.14. The molecule has 0 aliphatic heterocycles. The normalized spacial score (nSPS) is 37.7. The highest BCUT2D eigenvalue weighted by Crippen LogP contribution is 2.50. The molecular weight excluding hydrogens is 187 g/mol. The van der Waals surface area contributed by atoms with E-state index in [2.05, 4.69) is 26.8 Å². The Bertz CT molecular complexity index is 276. The fourth-order valence-electron chi connectivity index (χ4n) is 2.68. The SMILES string of the molecule is CC1(F)CCC(C(C)(C)C)C=C1C1CC1. The minimum Gasteiger partial charge on any atom is -0.239 e. The fourth-order valence-corrected chi connectivity index (χ4v) is 2.68. The number of allylic oxidation sites excluding steroid dienone is 2. The molecule has 2 atom stereocenters. The van der Waals surface area contributed by atoms with E-state index in [0.29, 0.717) is 11.8 Å². The van der Waals surface area contributed by atoms with Crippen molar-refractivity contribution < 1.29 is 4.39 Å². The van der Waals surface area contributed by atoms with Crippen molar-refractivity contribution in [1.29, 1.82) is 0 Å². The molecule has 2 aliphatic rings. The molecule has 2 rings (SSSR count). The molecule has 86 valence electrons. The average Bonchev–Trinajstić information content (AvgIpc) is 2.84. The van der Waals surface area contributed by atoms with Gasteiger partial charge < -0.3 is 0 Å². The van der Waals surface area contributed by atoms with Gasteiger partial charge in [-0.05, 0) is 55.4 Å². The van der Waals surface area contributed by atoms with Crippen LogP contribution in [0.1, 0.15) is 53.4 Å². The third-order valence-electron chi connectivity index (χ3n) is 4.04. The molecule has 0 heterocycles. The third-order valence-corrected chi connectivity index (χ3v) is 4.04. The van der Waals surface area contributed by atoms with Gasteiger partial charge >= 0.3 is 0 Å². The van der Waals surface area contributed by atoms with Crippen molar-refractivity contribution in [3.05, 3.63) is 11.6 Å². The first-order valence-corrected chi connectivity index (χ1v) is 6.22. The summed E-state index contributed by atoms with van der Waals surface area (Å²) in [4.78, 5) is 0. The lowest BCUT2D eigenvalue weighted by molar-refractivity contribution is 0.155. The molecule has 1 saturated carbocycles. The number of rotatable bonds is 1. The molecule has 0 amide bonds. The Labute approximate surface area is 92.9 Å². The van der Waals surface area contributed by atoms with Crippen LogP contribution in [0.25, 0.3) is 0 Å². The standard InChI is InChI=1S/C14H23F/c1-13(2,3)11-7-8-14(4,15)12(9-11)10-5-6-10/h9-11H,5-8H2,1-4H3. The number of hydrogen-bond acceptors (Lipinski definition) is 0. The van der Waals surface area contributed by atoms with Gasteiger partial charge in [0.15, 0.2) is 0 Å². The van der Waals surface area contributed by atoms with E-state index in [1.54, 1.807) is 6.92 Å². The van der Waals surface area contributed by atoms with Crippen LogP contribution in [-0.2, 0) is 0 Å². The van der Waals surface area contributed by atoms with E-state index in [-0.39, 0.29) is 5.41 Å². The second-order valence-corrected chi connectivity index (χ2v) is 6.60. The van der Waals surface area contributed by atoms with Gasteiger partial charge in [-0.2, -0.15) is 0 Å². The second-order valence-electron chi connectivity index (χ2n) is 6.60. The summed E-state index contributed by atoms with van der Waals surface area (Å²) < 4.78 is 14.3. The maximum atomic E-state index is 14.3. The summed E-state index contributed by atoms with van der Waals surface area (Å²) in [6, 6.07) is 0. The van der Waals surface area contributed by atoms with Gasteiger partial charge in [-0.25, -0.2) is 4.39 Å². The Morgan fingerprint density at radius 1 is 1.27 bits per heavy atom. The van der Waals surface area contributed by atoms with Crippen molar-refractivity contribution >= 4 is 0 Å². The summed E-state index contributed by atoms with van der Waals surface area (Å²) in [5, 5.41) is 0. The van der Waals surface area contributed by atoms with E-state index < -0.39 is 5.67 Å². The zero-order valence-electron chi connectivity index (χ0n) is 10.4. The largest absolute Gasteiger partial charge is 0.239 e. The first kappa shape index (κ1) is 11.2. The molecule has 0 bridgehead atoms. The van der Waals surface area contributed by atoms with Crippen LogP contribution in [0.2, 0.25) is 0 Å². The summed E-state index contributed by atoms with van der Waals surface area (Å²) in [7, 11) is 0. The number of alkyl halides is 1. The zero-order chi connectivity index (χ0) is 11.3. The summed E-state index contributed by atoms with van der Waals surface area (Å²) in [6.45, 7) is 8.56. The first-order chi connectivity index (χ1) is 6.81. The predicted octanol–water partition coefficient (Wildman–Crippen LogP) is 4.51. The van der Waals surface area contributed by atoms with Gasteiger partial charge in [-0.3, -0.25) is 0 Å². The third kappa shape index (κ3) is 2.26. The Balaban J connectivity index is 2.24. The maximum absolute atomic E-state index is 14.3. The van der Waals surface area contributed by atoms with Gasteiger partial charge in [0.25, 0.3) is 0 Å². The van der Waals surface area contributed by atoms with Gasteiger partial charge in [0.2, 0.25) is 0 Å². The van der Waals surface area contributed by atoms with Crippen LogP contribution in [0, 0.1) is 17.3 Å². The molecule has 0 radical (unpaired) electrons. The monoisotopic (exact) mass is 210 g/mol. The van der Waals surface area contributed by atoms with E-state index in [9.17, 15) is 4.39 Å². The molecule has 0 N–H and O–H groups in total. The van der Waals surface area contributed by atoms with Crippen molar-refractivity contribution in [1.82, 2.24) is 0 Å². The summed E-state index contributed by atoms with van der Waals surface area (Å²) in [5.41, 5.74) is 0.396. The number of halogens is 1. The van der Waals surface area contributed by atoms with Crippen molar-refractivity contribution in [2.45, 2.75) is 59.0 Å². The van der Waals surface area contributed by atoms with Crippen molar-refractivity contribution in [3.63, 3.8) is 0 Å². The quantitative estimate of drug-likeness (QED) is 0.559. The molecule has 0 aromatic rings. The molecule has 2 aliphatic carbocycles. The van der Waals surface area contributed by atoms with Crippen LogP contribution in [0.5, 0.6) is 0 Å². The Hall–Kier alpha value is -0.330. The van der Waals surface area contributed by atoms with Crippen molar-refractivity contribution in [3.8, 4) is 0 Å². The Morgan fingerprint density at radius 3 is 2.33 bits per heavy atom. The van der Waals surface area contributed by atoms with E-state index in [1.165, 1.54) is 12.8 Å². The van der Waals surface area contributed by atoms with Crippen molar-refractivity contribution in [2.24, 2.45) is 17.3 Å². The topological polar surface area (TPSA) is 0 Å². The van der Waals surface area contributed by atoms with E-state index in [1.807, 2.05) is 0 Å². The van der Waals surface area contributed by atoms with Crippen molar-refractivity contribution in [2.75, 3.05) is 0 Å². The molecule has 2 unspecified atom stereocenters. The minimum absolute atomic E-state index is 0.288. The lowest BCUT2D eigenvalue weighted by Crippen LogP contribution is -2.32. The Morgan fingerprint density at radius 2 is 1.87 bits per heavy atom. The first-order valence-electron chi connectivity index (χ1n) is 6.22. The van der Waals surface area contributed by atoms with Crippen LogP contribution >= 0.6 is 0 Å². The van der Waals surface area contributed by atoms with Gasteiger partial charge in [-0.1, -0.05) is 26.8 Å². The molecular formula is C14H23F. The highest BCUT2D eigenvalue weighted by Gasteiger charge is 2.43. The molecule has 0 spiro atoms. The van der Waals surface area contributed by atoms with Gasteiger partial charge in [-0.15, -0.1) is 0 Å². The molecule has 0 aromatic carbocycles. The number of hydrogen-bond donors (Lipinski definition) is 0. The lowest BCUT2D eigenvalue weighted by Gasteiger charge is -2.38.